The van der Waals surface area contributed by atoms with Crippen LogP contribution in [0.2, 0.25) is 0 Å². The van der Waals surface area contributed by atoms with Crippen molar-refractivity contribution in [1.82, 2.24) is 24.9 Å². The van der Waals surface area contributed by atoms with Crippen molar-refractivity contribution in [3.63, 3.8) is 0 Å². The lowest BCUT2D eigenvalue weighted by Crippen LogP contribution is -2.19. The average molecular weight is 564 g/mol. The minimum absolute atomic E-state index is 0.312. The zero-order valence-electron chi connectivity index (χ0n) is 20.6. The summed E-state index contributed by atoms with van der Waals surface area (Å²) < 4.78 is 47.9. The van der Waals surface area contributed by atoms with Gasteiger partial charge in [-0.2, -0.15) is 4.98 Å². The molecule has 0 spiro atoms. The van der Waals surface area contributed by atoms with E-state index in [1.165, 1.54) is 35.3 Å². The maximum Gasteiger partial charge on any atom is 0.573 e. The first-order valence-electron chi connectivity index (χ1n) is 12.2. The molecule has 1 aliphatic carbocycles. The lowest BCUT2D eigenvalue weighted by atomic mass is 10.1. The molecule has 202 valence electrons. The van der Waals surface area contributed by atoms with Crippen LogP contribution in [0.4, 0.5) is 24.5 Å². The van der Waals surface area contributed by atoms with Crippen LogP contribution in [0.5, 0.6) is 5.75 Å². The largest absolute Gasteiger partial charge is 0.573 e. The number of benzene rings is 3. The minimum Gasteiger partial charge on any atom is -0.406 e. The highest BCUT2D eigenvalue weighted by Crippen LogP contribution is 2.40. The zero-order chi connectivity index (χ0) is 27.7. The lowest BCUT2D eigenvalue weighted by Gasteiger charge is -2.13. The number of halogens is 3. The van der Waals surface area contributed by atoms with E-state index >= 15 is 0 Å². The molecule has 0 atom stereocenters. The number of thiocarbonyl (C=S) groups is 1. The van der Waals surface area contributed by atoms with Gasteiger partial charge in [0.1, 0.15) is 12.1 Å². The van der Waals surface area contributed by atoms with Gasteiger partial charge in [-0.05, 0) is 85.7 Å². The Morgan fingerprint density at radius 1 is 0.950 bits per heavy atom. The number of nitrogens with zero attached hydrogens (tertiary/aromatic N) is 5. The molecule has 0 bridgehead atoms. The van der Waals surface area contributed by atoms with E-state index in [1.54, 1.807) is 0 Å². The summed E-state index contributed by atoms with van der Waals surface area (Å²) >= 11 is 5.52. The van der Waals surface area contributed by atoms with Gasteiger partial charge in [0.15, 0.2) is 10.9 Å². The van der Waals surface area contributed by atoms with Crippen molar-refractivity contribution in [2.45, 2.75) is 25.1 Å². The normalized spacial score (nSPS) is 13.2. The molecule has 9 nitrogen and oxygen atoms in total. The van der Waals surface area contributed by atoms with Crippen molar-refractivity contribution >= 4 is 28.7 Å². The van der Waals surface area contributed by atoms with Gasteiger partial charge in [-0.15, -0.1) is 18.3 Å². The molecule has 2 aromatic heterocycles. The Labute approximate surface area is 231 Å². The predicted octanol–water partition coefficient (Wildman–Crippen LogP) is 6.57. The molecule has 5 aromatic rings. The Morgan fingerprint density at radius 2 is 1.70 bits per heavy atom. The fourth-order valence-electron chi connectivity index (χ4n) is 3.94. The second-order valence-electron chi connectivity index (χ2n) is 8.99. The van der Waals surface area contributed by atoms with E-state index in [0.717, 1.165) is 35.3 Å². The van der Waals surface area contributed by atoms with Gasteiger partial charge in [0.25, 0.3) is 0 Å². The molecule has 40 heavy (non-hydrogen) atoms. The summed E-state index contributed by atoms with van der Waals surface area (Å²) in [5.41, 5.74) is 3.55. The van der Waals surface area contributed by atoms with Gasteiger partial charge in [-0.1, -0.05) is 17.3 Å². The first-order valence-corrected chi connectivity index (χ1v) is 12.6. The summed E-state index contributed by atoms with van der Waals surface area (Å²) in [6.07, 6.45) is -1.12. The van der Waals surface area contributed by atoms with E-state index in [2.05, 4.69) is 35.6 Å². The Bertz CT molecular complexity index is 1650. The quantitative estimate of drug-likeness (QED) is 0.213. The Morgan fingerprint density at radius 3 is 2.42 bits per heavy atom. The molecule has 2 N–H and O–H groups in total. The number of aromatic nitrogens is 5. The van der Waals surface area contributed by atoms with Crippen LogP contribution in [0.1, 0.15) is 24.7 Å². The second kappa shape index (κ2) is 10.4. The smallest absolute Gasteiger partial charge is 0.406 e. The molecule has 0 unspecified atom stereocenters. The van der Waals surface area contributed by atoms with Crippen LogP contribution in [0, 0.1) is 0 Å². The van der Waals surface area contributed by atoms with E-state index in [1.807, 2.05) is 48.5 Å². The first kappa shape index (κ1) is 25.5. The summed E-state index contributed by atoms with van der Waals surface area (Å²) in [4.78, 5) is 8.84. The number of rotatable bonds is 7. The van der Waals surface area contributed by atoms with Crippen molar-refractivity contribution < 1.29 is 22.4 Å². The van der Waals surface area contributed by atoms with Gasteiger partial charge in [0.05, 0.1) is 11.4 Å². The molecular weight excluding hydrogens is 543 g/mol. The Kier molecular flexibility index (Phi) is 6.64. The van der Waals surface area contributed by atoms with Gasteiger partial charge in [-0.3, -0.25) is 0 Å². The highest BCUT2D eigenvalue weighted by Gasteiger charge is 2.31. The van der Waals surface area contributed by atoms with E-state index < -0.39 is 6.36 Å². The van der Waals surface area contributed by atoms with Crippen LogP contribution in [-0.2, 0) is 0 Å². The van der Waals surface area contributed by atoms with Crippen molar-refractivity contribution in [3.05, 3.63) is 85.0 Å². The third kappa shape index (κ3) is 5.94. The van der Waals surface area contributed by atoms with Gasteiger partial charge in [0.2, 0.25) is 11.7 Å². The molecule has 1 aliphatic rings. The van der Waals surface area contributed by atoms with Gasteiger partial charge >= 0.3 is 6.36 Å². The third-order valence-electron chi connectivity index (χ3n) is 6.01. The number of anilines is 2. The Balaban J connectivity index is 1.09. The standard InChI is InChI=1S/C27H20F3N7O2S/c28-27(29,30)38-20-13-11-19(12-14-20)37-15-31-23(35-37)16-7-9-18(10-8-16)32-26(40)33-22-4-2-1-3-21(22)24-34-25(39-36-24)17-5-6-17/h1-4,7-15,17H,5-6H2,(H2,32,33,40). The number of alkyl halides is 3. The number of ether oxygens (including phenoxy) is 1. The summed E-state index contributed by atoms with van der Waals surface area (Å²) in [6, 6.07) is 20.3. The number of hydrogen-bond donors (Lipinski definition) is 2. The van der Waals surface area contributed by atoms with E-state index in [-0.39, 0.29) is 5.75 Å². The average Bonchev–Trinajstić information content (AvgIpc) is 3.45. The molecule has 1 fully saturated rings. The predicted molar refractivity (Wildman–Crippen MR) is 145 cm³/mol. The van der Waals surface area contributed by atoms with Crippen LogP contribution in [-0.4, -0.2) is 36.4 Å². The fourth-order valence-corrected chi connectivity index (χ4v) is 4.16. The molecule has 1 saturated carbocycles. The Hall–Kier alpha value is -4.78. The molecule has 0 amide bonds. The molecule has 0 radical (unpaired) electrons. The molecule has 2 heterocycles. The van der Waals surface area contributed by atoms with Crippen LogP contribution < -0.4 is 15.4 Å². The molecule has 6 rings (SSSR count). The van der Waals surface area contributed by atoms with E-state index in [4.69, 9.17) is 16.7 Å². The summed E-state index contributed by atoms with van der Waals surface area (Å²) in [5.74, 6) is 1.67. The minimum atomic E-state index is -4.75. The summed E-state index contributed by atoms with van der Waals surface area (Å²) in [7, 11) is 0. The van der Waals surface area contributed by atoms with Crippen molar-refractivity contribution in [2.75, 3.05) is 10.6 Å². The number of nitrogens with one attached hydrogen (secondary N) is 2. The molecule has 0 aliphatic heterocycles. The molecule has 0 saturated heterocycles. The first-order chi connectivity index (χ1) is 19.3. The maximum atomic E-state index is 12.4. The molecule has 3 aromatic carbocycles. The highest BCUT2D eigenvalue weighted by atomic mass is 32.1. The molecular formula is C27H20F3N7O2S. The van der Waals surface area contributed by atoms with Crippen LogP contribution >= 0.6 is 12.2 Å². The topological polar surface area (TPSA) is 103 Å². The van der Waals surface area contributed by atoms with Crippen LogP contribution in [0.3, 0.4) is 0 Å². The highest BCUT2D eigenvalue weighted by molar-refractivity contribution is 7.80. The molecule has 13 heteroatoms. The van der Waals surface area contributed by atoms with Crippen molar-refractivity contribution in [1.29, 1.82) is 0 Å². The maximum absolute atomic E-state index is 12.4. The van der Waals surface area contributed by atoms with Crippen molar-refractivity contribution in [3.8, 4) is 34.2 Å². The van der Waals surface area contributed by atoms with Crippen LogP contribution in [0.15, 0.2) is 83.6 Å². The van der Waals surface area contributed by atoms with Gasteiger partial charge in [-0.25, -0.2) is 9.67 Å². The van der Waals surface area contributed by atoms with E-state index in [9.17, 15) is 13.2 Å². The van der Waals surface area contributed by atoms with E-state index in [0.29, 0.717) is 34.3 Å². The number of para-hydroxylation sites is 1. The summed E-state index contributed by atoms with van der Waals surface area (Å²) in [6.45, 7) is 0. The second-order valence-corrected chi connectivity index (χ2v) is 9.40. The van der Waals surface area contributed by atoms with Crippen molar-refractivity contribution in [2.24, 2.45) is 0 Å². The van der Waals surface area contributed by atoms with Gasteiger partial charge in [0, 0.05) is 22.7 Å². The zero-order valence-corrected chi connectivity index (χ0v) is 21.4. The van der Waals surface area contributed by atoms with Gasteiger partial charge < -0.3 is 19.9 Å². The number of hydrogen-bond acceptors (Lipinski definition) is 7. The third-order valence-corrected chi connectivity index (χ3v) is 6.22. The monoisotopic (exact) mass is 563 g/mol. The lowest BCUT2D eigenvalue weighted by molar-refractivity contribution is -0.274. The SMILES string of the molecule is FC(F)(F)Oc1ccc(-n2cnc(-c3ccc(NC(=S)Nc4ccccc4-c4noc(C5CC5)n4)cc3)n2)cc1. The summed E-state index contributed by atoms with van der Waals surface area (Å²) in [5, 5.41) is 15.3. The van der Waals surface area contributed by atoms with Crippen LogP contribution in [0.25, 0.3) is 28.5 Å². The fraction of sp³-hybridized carbons (Fsp3) is 0.148.